The first-order valence-corrected chi connectivity index (χ1v) is 21.0. The first-order chi connectivity index (χ1) is 30.2. The van der Waals surface area contributed by atoms with Gasteiger partial charge in [0.1, 0.15) is 0 Å². The average Bonchev–Trinajstić information content (AvgIpc) is 3.35. The summed E-state index contributed by atoms with van der Waals surface area (Å²) in [4.78, 5) is 2.40. The van der Waals surface area contributed by atoms with E-state index in [1.165, 1.54) is 82.4 Å². The van der Waals surface area contributed by atoms with Crippen LogP contribution in [0.4, 0.5) is 17.1 Å². The summed E-state index contributed by atoms with van der Waals surface area (Å²) in [5, 5.41) is 7.55. The minimum atomic E-state index is 1.09. The molecule has 0 fully saturated rings. The fourth-order valence-corrected chi connectivity index (χ4v) is 9.03. The quantitative estimate of drug-likeness (QED) is 0.139. The molecular formula is C60H41N. The van der Waals surface area contributed by atoms with Gasteiger partial charge in [-0.2, -0.15) is 0 Å². The van der Waals surface area contributed by atoms with Crippen LogP contribution in [0.5, 0.6) is 0 Å². The molecule has 11 rings (SSSR count). The molecule has 0 aliphatic rings. The van der Waals surface area contributed by atoms with Gasteiger partial charge in [0.2, 0.25) is 0 Å². The van der Waals surface area contributed by atoms with Crippen LogP contribution >= 0.6 is 0 Å². The smallest absolute Gasteiger partial charge is 0.0540 e. The van der Waals surface area contributed by atoms with Gasteiger partial charge in [0.05, 0.1) is 5.69 Å². The molecule has 1 nitrogen and oxygen atoms in total. The van der Waals surface area contributed by atoms with Crippen molar-refractivity contribution in [3.63, 3.8) is 0 Å². The van der Waals surface area contributed by atoms with Crippen LogP contribution in [0.15, 0.2) is 249 Å². The number of hydrogen-bond acceptors (Lipinski definition) is 1. The summed E-state index contributed by atoms with van der Waals surface area (Å²) in [7, 11) is 0. The first kappa shape index (κ1) is 36.1. The van der Waals surface area contributed by atoms with E-state index in [2.05, 4.69) is 254 Å². The maximum atomic E-state index is 2.40. The van der Waals surface area contributed by atoms with E-state index in [1.807, 2.05) is 0 Å². The molecule has 0 N–H and O–H groups in total. The predicted octanol–water partition coefficient (Wildman–Crippen LogP) is 17.0. The molecular weight excluding hydrogens is 735 g/mol. The molecule has 0 aliphatic heterocycles. The summed E-state index contributed by atoms with van der Waals surface area (Å²) in [5.41, 5.74) is 15.3. The maximum Gasteiger partial charge on any atom is 0.0540 e. The van der Waals surface area contributed by atoms with Gasteiger partial charge in [-0.3, -0.25) is 0 Å². The largest absolute Gasteiger partial charge is 0.310 e. The molecule has 0 unspecified atom stereocenters. The van der Waals surface area contributed by atoms with Gasteiger partial charge in [-0.1, -0.05) is 212 Å². The summed E-state index contributed by atoms with van der Waals surface area (Å²) in [6.45, 7) is 0. The second-order valence-electron chi connectivity index (χ2n) is 15.7. The number of hydrogen-bond donors (Lipinski definition) is 0. The predicted molar refractivity (Wildman–Crippen MR) is 261 cm³/mol. The highest BCUT2D eigenvalue weighted by molar-refractivity contribution is 6.08. The topological polar surface area (TPSA) is 3.24 Å². The van der Waals surface area contributed by atoms with Gasteiger partial charge in [0.15, 0.2) is 0 Å². The van der Waals surface area contributed by atoms with E-state index in [0.29, 0.717) is 0 Å². The number of para-hydroxylation sites is 1. The van der Waals surface area contributed by atoms with Crippen molar-refractivity contribution in [3.05, 3.63) is 249 Å². The fraction of sp³-hybridized carbons (Fsp3) is 0. The Hall–Kier alpha value is -8.00. The molecule has 0 saturated heterocycles. The fourth-order valence-electron chi connectivity index (χ4n) is 9.03. The van der Waals surface area contributed by atoms with Crippen LogP contribution in [-0.2, 0) is 0 Å². The first-order valence-electron chi connectivity index (χ1n) is 21.0. The van der Waals surface area contributed by atoms with Gasteiger partial charge in [-0.25, -0.2) is 0 Å². The zero-order valence-electron chi connectivity index (χ0n) is 33.6. The third-order valence-electron chi connectivity index (χ3n) is 12.1. The molecule has 0 spiro atoms. The van der Waals surface area contributed by atoms with Gasteiger partial charge in [0, 0.05) is 16.9 Å². The molecule has 11 aromatic carbocycles. The van der Waals surface area contributed by atoms with Gasteiger partial charge >= 0.3 is 0 Å². The van der Waals surface area contributed by atoms with Crippen molar-refractivity contribution in [2.75, 3.05) is 4.90 Å². The standard InChI is InChI=1S/C60H41N/c1-3-13-42(14-4-1)43-23-25-48(26-24-43)56-20-11-12-22-59(56)61(52-35-29-44(30-36-52)50-34-39-55-51(41-50)28-27-46-17-7-9-19-54(46)55)53-37-31-49(32-38-53)60-57-21-10-8-18-47(57)33-40-58(60)45-15-5-2-6-16-45/h1-41H. The number of nitrogens with zero attached hydrogens (tertiary/aromatic N) is 1. The molecule has 0 amide bonds. The number of fused-ring (bicyclic) bond motifs is 4. The summed E-state index contributed by atoms with van der Waals surface area (Å²) in [6.07, 6.45) is 0. The molecule has 0 heterocycles. The number of benzene rings is 11. The molecule has 0 saturated carbocycles. The normalized spacial score (nSPS) is 11.3. The second kappa shape index (κ2) is 15.6. The van der Waals surface area contributed by atoms with Gasteiger partial charge in [-0.05, 0) is 119 Å². The molecule has 61 heavy (non-hydrogen) atoms. The summed E-state index contributed by atoms with van der Waals surface area (Å²) >= 11 is 0. The van der Waals surface area contributed by atoms with E-state index >= 15 is 0 Å². The van der Waals surface area contributed by atoms with Crippen LogP contribution in [0.1, 0.15) is 0 Å². The molecule has 1 heteroatoms. The van der Waals surface area contributed by atoms with Crippen molar-refractivity contribution in [2.45, 2.75) is 0 Å². The van der Waals surface area contributed by atoms with Gasteiger partial charge in [-0.15, -0.1) is 0 Å². The Morgan fingerprint density at radius 3 is 1.39 bits per heavy atom. The van der Waals surface area contributed by atoms with Crippen molar-refractivity contribution < 1.29 is 0 Å². The van der Waals surface area contributed by atoms with E-state index in [0.717, 1.165) is 22.6 Å². The Kier molecular flexibility index (Phi) is 9.26. The maximum absolute atomic E-state index is 2.40. The molecule has 0 bridgehead atoms. The Balaban J connectivity index is 1.02. The Labute approximate surface area is 357 Å². The van der Waals surface area contributed by atoms with Crippen LogP contribution in [0.3, 0.4) is 0 Å². The second-order valence-corrected chi connectivity index (χ2v) is 15.7. The van der Waals surface area contributed by atoms with Gasteiger partial charge in [0.25, 0.3) is 0 Å². The van der Waals surface area contributed by atoms with Crippen LogP contribution in [0.2, 0.25) is 0 Å². The highest BCUT2D eigenvalue weighted by Crippen LogP contribution is 2.44. The summed E-state index contributed by atoms with van der Waals surface area (Å²) in [5.74, 6) is 0. The van der Waals surface area contributed by atoms with Crippen LogP contribution in [0.25, 0.3) is 88.0 Å². The van der Waals surface area contributed by atoms with Gasteiger partial charge < -0.3 is 4.90 Å². The summed E-state index contributed by atoms with van der Waals surface area (Å²) in [6, 6.07) is 90.4. The van der Waals surface area contributed by atoms with E-state index < -0.39 is 0 Å². The molecule has 0 radical (unpaired) electrons. The van der Waals surface area contributed by atoms with Crippen LogP contribution in [0, 0.1) is 0 Å². The lowest BCUT2D eigenvalue weighted by molar-refractivity contribution is 1.28. The lowest BCUT2D eigenvalue weighted by atomic mass is 9.89. The van der Waals surface area contributed by atoms with Crippen molar-refractivity contribution in [3.8, 4) is 55.6 Å². The van der Waals surface area contributed by atoms with E-state index in [-0.39, 0.29) is 0 Å². The monoisotopic (exact) mass is 775 g/mol. The van der Waals surface area contributed by atoms with Crippen LogP contribution < -0.4 is 4.90 Å². The Bertz CT molecular complexity index is 3310. The van der Waals surface area contributed by atoms with E-state index in [1.54, 1.807) is 0 Å². The highest BCUT2D eigenvalue weighted by Gasteiger charge is 2.19. The molecule has 0 aliphatic carbocycles. The van der Waals surface area contributed by atoms with E-state index in [9.17, 15) is 0 Å². The third-order valence-corrected chi connectivity index (χ3v) is 12.1. The minimum absolute atomic E-state index is 1.09. The lowest BCUT2D eigenvalue weighted by Crippen LogP contribution is -2.11. The van der Waals surface area contributed by atoms with Crippen LogP contribution in [-0.4, -0.2) is 0 Å². The highest BCUT2D eigenvalue weighted by atomic mass is 15.1. The molecule has 0 aromatic heterocycles. The third kappa shape index (κ3) is 6.83. The summed E-state index contributed by atoms with van der Waals surface area (Å²) < 4.78 is 0. The van der Waals surface area contributed by atoms with Crippen molar-refractivity contribution >= 4 is 49.4 Å². The van der Waals surface area contributed by atoms with Crippen molar-refractivity contribution in [1.82, 2.24) is 0 Å². The SMILES string of the molecule is c1ccc(-c2ccc(-c3ccccc3N(c3ccc(-c4ccc5c(ccc6ccccc65)c4)cc3)c3ccc(-c4c(-c5ccccc5)ccc5ccccc45)cc3)cc2)cc1. The number of rotatable bonds is 8. The molecule has 11 aromatic rings. The Morgan fingerprint density at radius 1 is 0.230 bits per heavy atom. The number of anilines is 3. The average molecular weight is 776 g/mol. The van der Waals surface area contributed by atoms with E-state index in [4.69, 9.17) is 0 Å². The lowest BCUT2D eigenvalue weighted by Gasteiger charge is -2.28. The minimum Gasteiger partial charge on any atom is -0.310 e. The van der Waals surface area contributed by atoms with Crippen molar-refractivity contribution in [2.24, 2.45) is 0 Å². The molecule has 0 atom stereocenters. The van der Waals surface area contributed by atoms with Crippen molar-refractivity contribution in [1.29, 1.82) is 0 Å². The Morgan fingerprint density at radius 2 is 0.672 bits per heavy atom. The molecule has 286 valence electrons. The zero-order valence-corrected chi connectivity index (χ0v) is 33.6. The zero-order chi connectivity index (χ0) is 40.5.